The number of H-pyrrole nitrogens is 1. The van der Waals surface area contributed by atoms with E-state index in [1.165, 1.54) is 12.6 Å². The third-order valence-electron chi connectivity index (χ3n) is 3.24. The first kappa shape index (κ1) is 13.8. The van der Waals surface area contributed by atoms with E-state index in [1.807, 2.05) is 25.1 Å². The minimum Gasteiger partial charge on any atom is -0.349 e. The number of aryl methyl sites for hydroxylation is 2. The van der Waals surface area contributed by atoms with Crippen LogP contribution < -0.4 is 0 Å². The van der Waals surface area contributed by atoms with Crippen molar-refractivity contribution in [2.24, 2.45) is 0 Å². The maximum absolute atomic E-state index is 11.7. The number of benzene rings is 1. The van der Waals surface area contributed by atoms with Crippen molar-refractivity contribution in [1.82, 2.24) is 9.88 Å². The lowest BCUT2D eigenvalue weighted by Gasteiger charge is -2.08. The Labute approximate surface area is 119 Å². The van der Waals surface area contributed by atoms with E-state index in [-0.39, 0.29) is 5.91 Å². The summed E-state index contributed by atoms with van der Waals surface area (Å²) in [6.45, 7) is 2.04. The van der Waals surface area contributed by atoms with Gasteiger partial charge in [-0.25, -0.2) is 0 Å². The van der Waals surface area contributed by atoms with Gasteiger partial charge in [0.2, 0.25) is 12.3 Å². The van der Waals surface area contributed by atoms with Crippen LogP contribution in [0.4, 0.5) is 0 Å². The molecule has 2 rings (SSSR count). The first-order chi connectivity index (χ1) is 9.04. The number of aromatic amines is 1. The summed E-state index contributed by atoms with van der Waals surface area (Å²) in [6.07, 6.45) is 1.45. The van der Waals surface area contributed by atoms with Crippen LogP contribution in [-0.2, 0) is 16.0 Å². The summed E-state index contributed by atoms with van der Waals surface area (Å²) in [5.74, 6) is -0.177. The summed E-state index contributed by atoms with van der Waals surface area (Å²) in [5, 5.41) is 1.12. The number of fused-ring (bicyclic) bond motifs is 1. The molecule has 0 saturated heterocycles. The molecule has 1 aromatic carbocycles. The molecule has 0 radical (unpaired) electrons. The Balaban J connectivity index is 2.26. The van der Waals surface area contributed by atoms with Gasteiger partial charge in [-0.3, -0.25) is 14.5 Å². The van der Waals surface area contributed by atoms with E-state index in [1.54, 1.807) is 0 Å². The van der Waals surface area contributed by atoms with Crippen LogP contribution in [0.1, 0.15) is 17.5 Å². The Morgan fingerprint density at radius 1 is 1.47 bits per heavy atom. The summed E-state index contributed by atoms with van der Waals surface area (Å²) < 4.78 is 0.901. The summed E-state index contributed by atoms with van der Waals surface area (Å²) in [4.78, 5) is 26.5. The van der Waals surface area contributed by atoms with Crippen molar-refractivity contribution in [1.29, 1.82) is 0 Å². The Morgan fingerprint density at radius 2 is 2.21 bits per heavy atom. The number of halogens is 1. The molecule has 0 spiro atoms. The predicted octanol–water partition coefficient (Wildman–Crippen LogP) is 2.79. The zero-order chi connectivity index (χ0) is 14.0. The standard InChI is InChI=1S/C14H15BrN2O2/c1-9-4-3-5-10-11(14(15)16-13(9)10)6-7-12(19)17(2)8-18/h3-5,8,16H,6-7H2,1-2H3. The molecule has 2 aromatic rings. The fourth-order valence-electron chi connectivity index (χ4n) is 2.10. The van der Waals surface area contributed by atoms with Crippen LogP contribution >= 0.6 is 15.9 Å². The second-order valence-corrected chi connectivity index (χ2v) is 5.32. The van der Waals surface area contributed by atoms with Crippen molar-refractivity contribution in [3.63, 3.8) is 0 Å². The van der Waals surface area contributed by atoms with Crippen LogP contribution in [0, 0.1) is 6.92 Å². The number of carbonyl (C=O) groups excluding carboxylic acids is 2. The Morgan fingerprint density at radius 3 is 2.89 bits per heavy atom. The molecule has 0 aliphatic heterocycles. The lowest BCUT2D eigenvalue weighted by molar-refractivity contribution is -0.136. The van der Waals surface area contributed by atoms with Gasteiger partial charge in [-0.15, -0.1) is 0 Å². The average Bonchev–Trinajstić information content (AvgIpc) is 2.72. The van der Waals surface area contributed by atoms with Crippen LogP contribution in [-0.4, -0.2) is 29.2 Å². The first-order valence-corrected chi connectivity index (χ1v) is 6.80. The molecule has 0 atom stereocenters. The quantitative estimate of drug-likeness (QED) is 0.880. The highest BCUT2D eigenvalue weighted by atomic mass is 79.9. The highest BCUT2D eigenvalue weighted by Gasteiger charge is 2.14. The van der Waals surface area contributed by atoms with Crippen LogP contribution in [0.25, 0.3) is 10.9 Å². The lowest BCUT2D eigenvalue weighted by Crippen LogP contribution is -2.25. The number of nitrogens with one attached hydrogen (secondary N) is 1. The number of hydrogen-bond donors (Lipinski definition) is 1. The number of rotatable bonds is 4. The molecule has 0 fully saturated rings. The average molecular weight is 323 g/mol. The maximum atomic E-state index is 11.7. The van der Waals surface area contributed by atoms with E-state index in [2.05, 4.69) is 20.9 Å². The van der Waals surface area contributed by atoms with Crippen molar-refractivity contribution in [2.75, 3.05) is 7.05 Å². The number of para-hydroxylation sites is 1. The lowest BCUT2D eigenvalue weighted by atomic mass is 10.1. The summed E-state index contributed by atoms with van der Waals surface area (Å²) in [6, 6.07) is 6.08. The fourth-order valence-corrected chi connectivity index (χ4v) is 2.71. The van der Waals surface area contributed by atoms with E-state index in [4.69, 9.17) is 0 Å². The molecule has 1 aromatic heterocycles. The number of carbonyl (C=O) groups is 2. The Kier molecular flexibility index (Phi) is 4.04. The molecule has 5 heteroatoms. The number of hydrogen-bond acceptors (Lipinski definition) is 2. The third kappa shape index (κ3) is 2.71. The van der Waals surface area contributed by atoms with Gasteiger partial charge < -0.3 is 4.98 Å². The number of aromatic nitrogens is 1. The normalized spacial score (nSPS) is 10.7. The molecule has 0 aliphatic carbocycles. The van der Waals surface area contributed by atoms with E-state index in [9.17, 15) is 9.59 Å². The van der Waals surface area contributed by atoms with E-state index in [0.717, 1.165) is 26.0 Å². The van der Waals surface area contributed by atoms with Gasteiger partial charge in [0.15, 0.2) is 0 Å². The summed E-state index contributed by atoms with van der Waals surface area (Å²) in [5.41, 5.74) is 3.33. The van der Waals surface area contributed by atoms with E-state index < -0.39 is 0 Å². The SMILES string of the molecule is Cc1cccc2c(CCC(=O)N(C)C=O)c(Br)[nH]c12. The van der Waals surface area contributed by atoms with Crippen molar-refractivity contribution >= 4 is 39.2 Å². The minimum atomic E-state index is -0.177. The van der Waals surface area contributed by atoms with Gasteiger partial charge in [-0.1, -0.05) is 18.2 Å². The number of amides is 2. The van der Waals surface area contributed by atoms with E-state index >= 15 is 0 Å². The molecule has 100 valence electrons. The van der Waals surface area contributed by atoms with Gasteiger partial charge >= 0.3 is 0 Å². The van der Waals surface area contributed by atoms with Gasteiger partial charge in [0.1, 0.15) is 0 Å². The molecule has 0 aliphatic rings. The molecule has 0 unspecified atom stereocenters. The molecule has 4 nitrogen and oxygen atoms in total. The van der Waals surface area contributed by atoms with Crippen LogP contribution in [0.5, 0.6) is 0 Å². The highest BCUT2D eigenvalue weighted by molar-refractivity contribution is 9.10. The van der Waals surface area contributed by atoms with Crippen molar-refractivity contribution in [3.05, 3.63) is 33.9 Å². The molecule has 0 saturated carbocycles. The monoisotopic (exact) mass is 322 g/mol. The number of nitrogens with zero attached hydrogens (tertiary/aromatic N) is 1. The summed E-state index contributed by atoms with van der Waals surface area (Å²) >= 11 is 3.50. The van der Waals surface area contributed by atoms with Gasteiger partial charge in [0, 0.05) is 24.4 Å². The molecular weight excluding hydrogens is 308 g/mol. The molecule has 2 amide bonds. The highest BCUT2D eigenvalue weighted by Crippen LogP contribution is 2.29. The van der Waals surface area contributed by atoms with Crippen molar-refractivity contribution in [3.8, 4) is 0 Å². The van der Waals surface area contributed by atoms with Crippen molar-refractivity contribution in [2.45, 2.75) is 19.8 Å². The summed E-state index contributed by atoms with van der Waals surface area (Å²) in [7, 11) is 1.48. The van der Waals surface area contributed by atoms with Gasteiger partial charge in [-0.2, -0.15) is 0 Å². The second kappa shape index (κ2) is 5.57. The molecular formula is C14H15BrN2O2. The molecule has 1 heterocycles. The smallest absolute Gasteiger partial charge is 0.229 e. The largest absolute Gasteiger partial charge is 0.349 e. The molecule has 0 bridgehead atoms. The van der Waals surface area contributed by atoms with Gasteiger partial charge in [0.05, 0.1) is 4.60 Å². The molecule has 19 heavy (non-hydrogen) atoms. The minimum absolute atomic E-state index is 0.177. The number of imide groups is 1. The van der Waals surface area contributed by atoms with Crippen LogP contribution in [0.3, 0.4) is 0 Å². The Hall–Kier alpha value is -1.62. The zero-order valence-electron chi connectivity index (χ0n) is 10.9. The second-order valence-electron chi connectivity index (χ2n) is 4.53. The predicted molar refractivity (Wildman–Crippen MR) is 77.9 cm³/mol. The maximum Gasteiger partial charge on any atom is 0.229 e. The molecule has 1 N–H and O–H groups in total. The zero-order valence-corrected chi connectivity index (χ0v) is 12.5. The third-order valence-corrected chi connectivity index (χ3v) is 3.91. The van der Waals surface area contributed by atoms with Gasteiger partial charge in [0.25, 0.3) is 0 Å². The van der Waals surface area contributed by atoms with Gasteiger partial charge in [-0.05, 0) is 40.4 Å². The van der Waals surface area contributed by atoms with Crippen LogP contribution in [0.15, 0.2) is 22.8 Å². The van der Waals surface area contributed by atoms with E-state index in [0.29, 0.717) is 19.3 Å². The topological polar surface area (TPSA) is 53.2 Å². The fraction of sp³-hybridized carbons (Fsp3) is 0.286. The first-order valence-electron chi connectivity index (χ1n) is 6.01. The van der Waals surface area contributed by atoms with Crippen LogP contribution in [0.2, 0.25) is 0 Å². The Bertz CT molecular complexity index is 634. The van der Waals surface area contributed by atoms with Crippen molar-refractivity contribution < 1.29 is 9.59 Å².